The normalized spacial score (nSPS) is 25.2. The van der Waals surface area contributed by atoms with Gasteiger partial charge >= 0.3 is 6.09 Å². The summed E-state index contributed by atoms with van der Waals surface area (Å²) in [5.41, 5.74) is 2.20. The van der Waals surface area contributed by atoms with Crippen LogP contribution in [0.25, 0.3) is 0 Å². The molecule has 0 spiro atoms. The molecule has 1 atom stereocenters. The summed E-state index contributed by atoms with van der Waals surface area (Å²) in [6.45, 7) is 1.47. The van der Waals surface area contributed by atoms with E-state index in [2.05, 4.69) is 5.43 Å². The zero-order chi connectivity index (χ0) is 10.9. The first-order chi connectivity index (χ1) is 7.09. The smallest absolute Gasteiger partial charge is 0.431 e. The van der Waals surface area contributed by atoms with Crippen molar-refractivity contribution in [3.63, 3.8) is 0 Å². The van der Waals surface area contributed by atoms with Gasteiger partial charge < -0.3 is 9.84 Å². The van der Waals surface area contributed by atoms with E-state index < -0.39 is 11.8 Å². The number of hydrogen-bond acceptors (Lipinski definition) is 4. The summed E-state index contributed by atoms with van der Waals surface area (Å²) in [7, 11) is 0. The number of cyclic esters (lactones) is 1. The van der Waals surface area contributed by atoms with Crippen LogP contribution in [-0.2, 0) is 4.74 Å². The first-order valence-electron chi connectivity index (χ1n) is 4.61. The van der Waals surface area contributed by atoms with Crippen LogP contribution in [0.4, 0.5) is 10.5 Å². The lowest BCUT2D eigenvalue weighted by Crippen LogP contribution is -2.47. The Bertz CT molecular complexity index is 364. The number of benzene rings is 1. The molecule has 0 radical (unpaired) electrons. The molecule has 15 heavy (non-hydrogen) atoms. The van der Waals surface area contributed by atoms with Gasteiger partial charge in [0.05, 0.1) is 5.69 Å². The van der Waals surface area contributed by atoms with Crippen LogP contribution in [0, 0.1) is 0 Å². The van der Waals surface area contributed by atoms with Crippen molar-refractivity contribution in [2.24, 2.45) is 0 Å². The van der Waals surface area contributed by atoms with E-state index in [1.54, 1.807) is 12.1 Å². The van der Waals surface area contributed by atoms with E-state index in [4.69, 9.17) is 4.74 Å². The molecule has 5 heteroatoms. The number of para-hydroxylation sites is 1. The largest absolute Gasteiger partial charge is 0.443 e. The Morgan fingerprint density at radius 3 is 2.67 bits per heavy atom. The predicted octanol–water partition coefficient (Wildman–Crippen LogP) is 1.17. The highest BCUT2D eigenvalue weighted by atomic mass is 16.6. The molecule has 1 aliphatic rings. The van der Waals surface area contributed by atoms with Gasteiger partial charge in [0, 0.05) is 0 Å². The van der Waals surface area contributed by atoms with Crippen LogP contribution < -0.4 is 5.43 Å². The average molecular weight is 208 g/mol. The molecule has 0 bridgehead atoms. The van der Waals surface area contributed by atoms with E-state index in [-0.39, 0.29) is 6.61 Å². The highest BCUT2D eigenvalue weighted by Crippen LogP contribution is 2.22. The minimum absolute atomic E-state index is 0.0360. The summed E-state index contributed by atoms with van der Waals surface area (Å²) in [4.78, 5) is 11.3. The highest BCUT2D eigenvalue weighted by Gasteiger charge is 2.42. The Labute approximate surface area is 87.2 Å². The van der Waals surface area contributed by atoms with Gasteiger partial charge in [-0.15, -0.1) is 0 Å². The molecule has 1 amide bonds. The first-order valence-corrected chi connectivity index (χ1v) is 4.61. The van der Waals surface area contributed by atoms with Crippen LogP contribution in [0.2, 0.25) is 0 Å². The van der Waals surface area contributed by atoms with Crippen molar-refractivity contribution in [3.8, 4) is 0 Å². The fourth-order valence-electron chi connectivity index (χ4n) is 1.33. The molecule has 0 aromatic heterocycles. The standard InChI is InChI=1S/C10H12N2O3/c1-10(14)7-15-9(13)12(10)11-8-5-3-2-4-6-8/h2-6,11,14H,7H2,1H3. The van der Waals surface area contributed by atoms with E-state index >= 15 is 0 Å². The molecule has 5 nitrogen and oxygen atoms in total. The van der Waals surface area contributed by atoms with Crippen LogP contribution >= 0.6 is 0 Å². The van der Waals surface area contributed by atoms with Crippen molar-refractivity contribution >= 4 is 11.8 Å². The summed E-state index contributed by atoms with van der Waals surface area (Å²) in [5, 5.41) is 10.9. The van der Waals surface area contributed by atoms with Crippen molar-refractivity contribution in [2.45, 2.75) is 12.6 Å². The van der Waals surface area contributed by atoms with Gasteiger partial charge in [-0.2, -0.15) is 5.01 Å². The summed E-state index contributed by atoms with van der Waals surface area (Å²) in [6, 6.07) is 9.12. The van der Waals surface area contributed by atoms with Gasteiger partial charge in [0.1, 0.15) is 6.61 Å². The molecule has 1 unspecified atom stereocenters. The fraction of sp³-hybridized carbons (Fsp3) is 0.300. The van der Waals surface area contributed by atoms with Gasteiger partial charge in [-0.1, -0.05) is 18.2 Å². The highest BCUT2D eigenvalue weighted by molar-refractivity contribution is 5.72. The summed E-state index contributed by atoms with van der Waals surface area (Å²) in [5.74, 6) is 0. The second-order valence-electron chi connectivity index (χ2n) is 3.58. The second-order valence-corrected chi connectivity index (χ2v) is 3.58. The Hall–Kier alpha value is -1.75. The van der Waals surface area contributed by atoms with E-state index in [0.29, 0.717) is 0 Å². The molecule has 0 aliphatic carbocycles. The number of amides is 1. The third kappa shape index (κ3) is 1.87. The number of rotatable bonds is 2. The third-order valence-corrected chi connectivity index (χ3v) is 2.15. The van der Waals surface area contributed by atoms with Crippen molar-refractivity contribution in [3.05, 3.63) is 30.3 Å². The maximum atomic E-state index is 11.3. The minimum Gasteiger partial charge on any atom is -0.443 e. The van der Waals surface area contributed by atoms with Gasteiger partial charge in [-0.3, -0.25) is 5.43 Å². The lowest BCUT2D eigenvalue weighted by molar-refractivity contribution is -0.0339. The van der Waals surface area contributed by atoms with Crippen LogP contribution in [0.3, 0.4) is 0 Å². The monoisotopic (exact) mass is 208 g/mol. The number of carbonyl (C=O) groups is 1. The average Bonchev–Trinajstić information content (AvgIpc) is 2.47. The number of anilines is 1. The number of ether oxygens (including phenoxy) is 1. The van der Waals surface area contributed by atoms with Crippen LogP contribution in [0.1, 0.15) is 6.92 Å². The maximum absolute atomic E-state index is 11.3. The fourth-order valence-corrected chi connectivity index (χ4v) is 1.33. The molecule has 1 saturated heterocycles. The summed E-state index contributed by atoms with van der Waals surface area (Å²) >= 11 is 0. The topological polar surface area (TPSA) is 61.8 Å². The van der Waals surface area contributed by atoms with Crippen molar-refractivity contribution in [1.82, 2.24) is 5.01 Å². The molecule has 0 saturated carbocycles. The third-order valence-electron chi connectivity index (χ3n) is 2.15. The molecule has 1 fully saturated rings. The Kier molecular flexibility index (Phi) is 2.24. The van der Waals surface area contributed by atoms with Gasteiger partial charge in [0.2, 0.25) is 0 Å². The van der Waals surface area contributed by atoms with Crippen LogP contribution in [0.15, 0.2) is 30.3 Å². The van der Waals surface area contributed by atoms with Crippen LogP contribution in [-0.4, -0.2) is 28.5 Å². The maximum Gasteiger partial charge on any atom is 0.431 e. The number of hydrogen-bond donors (Lipinski definition) is 2. The van der Waals surface area contributed by atoms with Gasteiger partial charge in [-0.25, -0.2) is 4.79 Å². The molecule has 1 heterocycles. The summed E-state index contributed by atoms with van der Waals surface area (Å²) in [6.07, 6.45) is -0.580. The predicted molar refractivity (Wildman–Crippen MR) is 53.9 cm³/mol. The number of nitrogens with one attached hydrogen (secondary N) is 1. The van der Waals surface area contributed by atoms with Gasteiger partial charge in [0.15, 0.2) is 5.72 Å². The second kappa shape index (κ2) is 3.43. The number of carbonyl (C=O) groups excluding carboxylic acids is 1. The Morgan fingerprint density at radius 1 is 1.47 bits per heavy atom. The van der Waals surface area contributed by atoms with E-state index in [1.165, 1.54) is 6.92 Å². The summed E-state index contributed by atoms with van der Waals surface area (Å²) < 4.78 is 4.73. The number of nitrogens with zero attached hydrogens (tertiary/aromatic N) is 1. The lowest BCUT2D eigenvalue weighted by atomic mass is 10.3. The molecule has 1 aliphatic heterocycles. The zero-order valence-corrected chi connectivity index (χ0v) is 8.30. The molecule has 1 aromatic carbocycles. The van der Waals surface area contributed by atoms with E-state index in [1.807, 2.05) is 18.2 Å². The van der Waals surface area contributed by atoms with Crippen molar-refractivity contribution in [2.75, 3.05) is 12.0 Å². The molecular weight excluding hydrogens is 196 g/mol. The van der Waals surface area contributed by atoms with Crippen molar-refractivity contribution < 1.29 is 14.6 Å². The number of hydrazine groups is 1. The molecular formula is C10H12N2O3. The molecule has 80 valence electrons. The zero-order valence-electron chi connectivity index (χ0n) is 8.30. The Morgan fingerprint density at radius 2 is 2.13 bits per heavy atom. The SMILES string of the molecule is CC1(O)COC(=O)N1Nc1ccccc1. The molecule has 2 N–H and O–H groups in total. The molecule has 1 aromatic rings. The quantitative estimate of drug-likeness (QED) is 0.766. The number of aliphatic hydroxyl groups is 1. The van der Waals surface area contributed by atoms with Gasteiger partial charge in [-0.05, 0) is 19.1 Å². The van der Waals surface area contributed by atoms with Gasteiger partial charge in [0.25, 0.3) is 0 Å². The molecule has 2 rings (SSSR count). The van der Waals surface area contributed by atoms with Crippen molar-refractivity contribution in [1.29, 1.82) is 0 Å². The van der Waals surface area contributed by atoms with E-state index in [9.17, 15) is 9.90 Å². The first kappa shape index (κ1) is 9.79. The minimum atomic E-state index is -1.31. The Balaban J connectivity index is 2.15. The lowest BCUT2D eigenvalue weighted by Gasteiger charge is -2.27. The van der Waals surface area contributed by atoms with E-state index in [0.717, 1.165) is 10.7 Å². The van der Waals surface area contributed by atoms with Crippen LogP contribution in [0.5, 0.6) is 0 Å².